The van der Waals surface area contributed by atoms with Crippen molar-refractivity contribution in [2.24, 2.45) is 7.05 Å². The van der Waals surface area contributed by atoms with Gasteiger partial charge in [0.2, 0.25) is 5.91 Å². The molecule has 25 heavy (non-hydrogen) atoms. The number of carbonyl (C=O) groups excluding carboxylic acids is 1. The molecule has 1 amide bonds. The molecule has 3 aromatic rings. The Hall–Kier alpha value is -2.67. The molecule has 0 atom stereocenters. The van der Waals surface area contributed by atoms with Crippen LogP contribution in [0.2, 0.25) is 5.02 Å². The number of anilines is 1. The number of rotatable bonds is 6. The SMILES string of the molecule is Cn1cc(CCC(=O)Nc2cnn(Cc3ccc(F)cc3Cl)c2)cn1. The van der Waals surface area contributed by atoms with Crippen LogP contribution in [0.1, 0.15) is 17.5 Å². The van der Waals surface area contributed by atoms with Gasteiger partial charge in [0.25, 0.3) is 0 Å². The summed E-state index contributed by atoms with van der Waals surface area (Å²) in [6, 6.07) is 4.23. The predicted molar refractivity (Wildman–Crippen MR) is 92.9 cm³/mol. The highest BCUT2D eigenvalue weighted by Crippen LogP contribution is 2.19. The van der Waals surface area contributed by atoms with Crippen LogP contribution in [-0.4, -0.2) is 25.5 Å². The summed E-state index contributed by atoms with van der Waals surface area (Å²) in [5, 5.41) is 11.4. The van der Waals surface area contributed by atoms with E-state index in [2.05, 4.69) is 15.5 Å². The number of nitrogens with one attached hydrogen (secondary N) is 1. The smallest absolute Gasteiger partial charge is 0.224 e. The number of nitrogens with zero attached hydrogens (tertiary/aromatic N) is 4. The molecule has 3 rings (SSSR count). The largest absolute Gasteiger partial charge is 0.323 e. The van der Waals surface area contributed by atoms with Crippen LogP contribution >= 0.6 is 11.6 Å². The Labute approximate surface area is 149 Å². The normalized spacial score (nSPS) is 10.8. The summed E-state index contributed by atoms with van der Waals surface area (Å²) < 4.78 is 16.4. The van der Waals surface area contributed by atoms with Crippen molar-refractivity contribution in [1.29, 1.82) is 0 Å². The summed E-state index contributed by atoms with van der Waals surface area (Å²) in [5.41, 5.74) is 2.37. The molecule has 6 nitrogen and oxygen atoms in total. The Bertz CT molecular complexity index is 889. The van der Waals surface area contributed by atoms with Crippen LogP contribution in [0.4, 0.5) is 10.1 Å². The van der Waals surface area contributed by atoms with E-state index in [1.807, 2.05) is 13.2 Å². The number of halogens is 2. The van der Waals surface area contributed by atoms with Crippen LogP contribution in [0.3, 0.4) is 0 Å². The summed E-state index contributed by atoms with van der Waals surface area (Å²) in [6.07, 6.45) is 7.90. The second kappa shape index (κ2) is 7.48. The first-order chi connectivity index (χ1) is 12.0. The maximum atomic E-state index is 13.1. The van der Waals surface area contributed by atoms with E-state index < -0.39 is 0 Å². The molecule has 2 aromatic heterocycles. The van der Waals surface area contributed by atoms with Gasteiger partial charge in [-0.3, -0.25) is 14.2 Å². The molecule has 1 aromatic carbocycles. The monoisotopic (exact) mass is 361 g/mol. The van der Waals surface area contributed by atoms with Gasteiger partial charge in [-0.15, -0.1) is 0 Å². The molecule has 0 aliphatic carbocycles. The Morgan fingerprint density at radius 1 is 1.28 bits per heavy atom. The van der Waals surface area contributed by atoms with Crippen molar-refractivity contribution in [3.05, 3.63) is 65.0 Å². The zero-order valence-corrected chi connectivity index (χ0v) is 14.4. The van der Waals surface area contributed by atoms with E-state index in [0.717, 1.165) is 11.1 Å². The molecular weight excluding hydrogens is 345 g/mol. The first-order valence-electron chi connectivity index (χ1n) is 7.73. The highest BCUT2D eigenvalue weighted by Gasteiger charge is 2.08. The van der Waals surface area contributed by atoms with Crippen molar-refractivity contribution < 1.29 is 9.18 Å². The predicted octanol–water partition coefficient (Wildman–Crippen LogP) is 3.03. The van der Waals surface area contributed by atoms with Gasteiger partial charge in [0, 0.05) is 30.9 Å². The van der Waals surface area contributed by atoms with E-state index >= 15 is 0 Å². The number of benzene rings is 1. The van der Waals surface area contributed by atoms with Crippen molar-refractivity contribution in [3.8, 4) is 0 Å². The summed E-state index contributed by atoms with van der Waals surface area (Å²) >= 11 is 6.01. The lowest BCUT2D eigenvalue weighted by Gasteiger charge is -2.04. The van der Waals surface area contributed by atoms with Crippen molar-refractivity contribution in [3.63, 3.8) is 0 Å². The molecule has 0 saturated carbocycles. The van der Waals surface area contributed by atoms with Gasteiger partial charge < -0.3 is 5.32 Å². The van der Waals surface area contributed by atoms with E-state index in [4.69, 9.17) is 11.6 Å². The molecule has 0 bridgehead atoms. The minimum Gasteiger partial charge on any atom is -0.323 e. The number of aryl methyl sites for hydroxylation is 2. The van der Waals surface area contributed by atoms with Gasteiger partial charge in [-0.1, -0.05) is 17.7 Å². The van der Waals surface area contributed by atoms with Crippen molar-refractivity contribution in [1.82, 2.24) is 19.6 Å². The molecule has 0 radical (unpaired) electrons. The van der Waals surface area contributed by atoms with Crippen molar-refractivity contribution in [2.45, 2.75) is 19.4 Å². The number of aromatic nitrogens is 4. The highest BCUT2D eigenvalue weighted by molar-refractivity contribution is 6.31. The lowest BCUT2D eigenvalue weighted by molar-refractivity contribution is -0.116. The van der Waals surface area contributed by atoms with Crippen LogP contribution in [0.15, 0.2) is 43.0 Å². The second-order valence-corrected chi connectivity index (χ2v) is 6.14. The van der Waals surface area contributed by atoms with E-state index in [0.29, 0.717) is 30.1 Å². The number of amides is 1. The van der Waals surface area contributed by atoms with Crippen LogP contribution in [0.5, 0.6) is 0 Å². The van der Waals surface area contributed by atoms with Crippen molar-refractivity contribution in [2.75, 3.05) is 5.32 Å². The standard InChI is InChI=1S/C17H17ClFN5O/c1-23-9-12(7-20-23)2-5-17(25)22-15-8-21-24(11-15)10-13-3-4-14(19)6-16(13)18/h3-4,6-9,11H,2,5,10H2,1H3,(H,22,25). The van der Waals surface area contributed by atoms with Gasteiger partial charge >= 0.3 is 0 Å². The fraction of sp³-hybridized carbons (Fsp3) is 0.235. The zero-order valence-electron chi connectivity index (χ0n) is 13.6. The van der Waals surface area contributed by atoms with Gasteiger partial charge in [0.1, 0.15) is 5.82 Å². The van der Waals surface area contributed by atoms with E-state index in [1.165, 1.54) is 12.1 Å². The molecule has 8 heteroatoms. The topological polar surface area (TPSA) is 64.7 Å². The molecule has 2 heterocycles. The van der Waals surface area contributed by atoms with E-state index in [9.17, 15) is 9.18 Å². The van der Waals surface area contributed by atoms with Gasteiger partial charge in [-0.2, -0.15) is 10.2 Å². The van der Waals surface area contributed by atoms with Gasteiger partial charge in [-0.25, -0.2) is 4.39 Å². The first-order valence-corrected chi connectivity index (χ1v) is 8.11. The third kappa shape index (κ3) is 4.67. The summed E-state index contributed by atoms with van der Waals surface area (Å²) in [6.45, 7) is 0.394. The highest BCUT2D eigenvalue weighted by atomic mass is 35.5. The maximum absolute atomic E-state index is 13.1. The summed E-state index contributed by atoms with van der Waals surface area (Å²) in [7, 11) is 1.84. The molecule has 0 unspecified atom stereocenters. The Morgan fingerprint density at radius 2 is 2.12 bits per heavy atom. The minimum atomic E-state index is -0.379. The summed E-state index contributed by atoms with van der Waals surface area (Å²) in [5.74, 6) is -0.473. The van der Waals surface area contributed by atoms with Crippen LogP contribution < -0.4 is 5.32 Å². The van der Waals surface area contributed by atoms with E-state index in [1.54, 1.807) is 34.0 Å². The molecule has 0 saturated heterocycles. The molecule has 0 aliphatic heterocycles. The quantitative estimate of drug-likeness (QED) is 0.734. The molecule has 0 spiro atoms. The van der Waals surface area contributed by atoms with Gasteiger partial charge in [0.15, 0.2) is 0 Å². The van der Waals surface area contributed by atoms with Gasteiger partial charge in [-0.05, 0) is 29.7 Å². The lowest BCUT2D eigenvalue weighted by atomic mass is 10.2. The molecule has 130 valence electrons. The average Bonchev–Trinajstić information content (AvgIpc) is 3.17. The molecule has 0 fully saturated rings. The molecule has 0 aliphatic rings. The first kappa shape index (κ1) is 17.2. The number of carbonyl (C=O) groups is 1. The van der Waals surface area contributed by atoms with E-state index in [-0.39, 0.29) is 11.7 Å². The third-order valence-electron chi connectivity index (χ3n) is 3.66. The Kier molecular flexibility index (Phi) is 5.14. The minimum absolute atomic E-state index is 0.0942. The molecular formula is C17H17ClFN5O. The van der Waals surface area contributed by atoms with Crippen LogP contribution in [-0.2, 0) is 24.8 Å². The molecule has 1 N–H and O–H groups in total. The lowest BCUT2D eigenvalue weighted by Crippen LogP contribution is -2.11. The van der Waals surface area contributed by atoms with Crippen LogP contribution in [0, 0.1) is 5.82 Å². The Balaban J connectivity index is 1.55. The fourth-order valence-corrected chi connectivity index (χ4v) is 2.65. The zero-order chi connectivity index (χ0) is 17.8. The Morgan fingerprint density at radius 3 is 2.84 bits per heavy atom. The maximum Gasteiger partial charge on any atom is 0.224 e. The third-order valence-corrected chi connectivity index (χ3v) is 4.02. The van der Waals surface area contributed by atoms with Gasteiger partial charge in [0.05, 0.1) is 24.6 Å². The number of hydrogen-bond acceptors (Lipinski definition) is 3. The van der Waals surface area contributed by atoms with Crippen LogP contribution in [0.25, 0.3) is 0 Å². The number of hydrogen-bond donors (Lipinski definition) is 1. The second-order valence-electron chi connectivity index (χ2n) is 5.73. The van der Waals surface area contributed by atoms with Crippen molar-refractivity contribution >= 4 is 23.2 Å². The fourth-order valence-electron chi connectivity index (χ4n) is 2.42. The average molecular weight is 362 g/mol. The summed E-state index contributed by atoms with van der Waals surface area (Å²) in [4.78, 5) is 12.0.